The van der Waals surface area contributed by atoms with Crippen molar-refractivity contribution < 1.29 is 9.90 Å². The molecule has 19 heavy (non-hydrogen) atoms. The van der Waals surface area contributed by atoms with Crippen LogP contribution >= 0.6 is 15.9 Å². The summed E-state index contributed by atoms with van der Waals surface area (Å²) in [7, 11) is 0. The third-order valence-electron chi connectivity index (χ3n) is 2.18. The molecule has 2 aromatic rings. The van der Waals surface area contributed by atoms with Crippen LogP contribution in [-0.4, -0.2) is 26.3 Å². The fourth-order valence-corrected chi connectivity index (χ4v) is 1.79. The van der Waals surface area contributed by atoms with Gasteiger partial charge in [-0.2, -0.15) is 0 Å². The smallest absolute Gasteiger partial charge is 0.342 e. The highest BCUT2D eigenvalue weighted by molar-refractivity contribution is 9.10. The number of aromatic carboxylic acids is 1. The van der Waals surface area contributed by atoms with E-state index >= 15 is 0 Å². The molecular formula is C10H7BrN4O4. The number of hydrogen-bond donors (Lipinski definition) is 4. The van der Waals surface area contributed by atoms with Crippen molar-refractivity contribution in [3.8, 4) is 0 Å². The van der Waals surface area contributed by atoms with Crippen LogP contribution in [-0.2, 0) is 0 Å². The van der Waals surface area contributed by atoms with Gasteiger partial charge < -0.3 is 10.4 Å². The molecule has 8 nitrogen and oxygen atoms in total. The number of carbonyl (C=O) groups is 1. The molecule has 1 heterocycles. The minimum absolute atomic E-state index is 0.0979. The first-order valence-electron chi connectivity index (χ1n) is 4.96. The first kappa shape index (κ1) is 13.0. The summed E-state index contributed by atoms with van der Waals surface area (Å²) in [6, 6.07) is 4.22. The lowest BCUT2D eigenvalue weighted by atomic mass is 10.2. The maximum absolute atomic E-state index is 11.4. The summed E-state index contributed by atoms with van der Waals surface area (Å²) in [5.74, 6) is -1.17. The third kappa shape index (κ3) is 2.88. The largest absolute Gasteiger partial charge is 0.478 e. The Labute approximate surface area is 113 Å². The van der Waals surface area contributed by atoms with Gasteiger partial charge in [-0.15, -0.1) is 5.10 Å². The number of rotatable bonds is 3. The quantitative estimate of drug-likeness (QED) is 0.656. The zero-order chi connectivity index (χ0) is 14.0. The van der Waals surface area contributed by atoms with Gasteiger partial charge in [-0.1, -0.05) is 0 Å². The van der Waals surface area contributed by atoms with Crippen molar-refractivity contribution in [2.45, 2.75) is 0 Å². The SMILES string of the molecule is O=C(O)c1ccc(Nc2n[nH]c(=O)[nH]c2=O)c(Br)c1. The van der Waals surface area contributed by atoms with Crippen molar-refractivity contribution in [3.63, 3.8) is 0 Å². The molecule has 4 N–H and O–H groups in total. The number of anilines is 2. The van der Waals surface area contributed by atoms with E-state index in [9.17, 15) is 14.4 Å². The molecule has 0 spiro atoms. The fourth-order valence-electron chi connectivity index (χ4n) is 1.31. The molecule has 0 unspecified atom stereocenters. The molecule has 0 saturated carbocycles. The van der Waals surface area contributed by atoms with Crippen LogP contribution < -0.4 is 16.6 Å². The number of H-pyrrole nitrogens is 2. The Morgan fingerprint density at radius 3 is 2.68 bits per heavy atom. The molecule has 0 bridgehead atoms. The van der Waals surface area contributed by atoms with Crippen molar-refractivity contribution in [2.75, 3.05) is 5.32 Å². The van der Waals surface area contributed by atoms with Crippen LogP contribution in [0.25, 0.3) is 0 Å². The lowest BCUT2D eigenvalue weighted by Gasteiger charge is -2.07. The average Bonchev–Trinajstić information content (AvgIpc) is 2.34. The molecule has 0 aliphatic heterocycles. The van der Waals surface area contributed by atoms with E-state index < -0.39 is 17.2 Å². The summed E-state index contributed by atoms with van der Waals surface area (Å²) >= 11 is 3.17. The van der Waals surface area contributed by atoms with Gasteiger partial charge >= 0.3 is 11.7 Å². The first-order chi connectivity index (χ1) is 8.97. The fraction of sp³-hybridized carbons (Fsp3) is 0. The molecule has 0 fully saturated rings. The number of carboxylic acid groups (broad SMARTS) is 1. The average molecular weight is 327 g/mol. The van der Waals surface area contributed by atoms with Crippen LogP contribution in [0.2, 0.25) is 0 Å². The van der Waals surface area contributed by atoms with Crippen LogP contribution in [0.15, 0.2) is 32.3 Å². The summed E-state index contributed by atoms with van der Waals surface area (Å²) < 4.78 is 0.444. The lowest BCUT2D eigenvalue weighted by Crippen LogP contribution is -2.25. The standard InChI is InChI=1S/C10H7BrN4O4/c11-5-3-4(9(17)18)1-2-6(5)12-7-8(16)13-10(19)15-14-7/h1-3H,(H,12,14)(H,17,18)(H2,13,15,16,19). The Bertz CT molecular complexity index is 752. The van der Waals surface area contributed by atoms with Gasteiger partial charge in [-0.3, -0.25) is 9.78 Å². The van der Waals surface area contributed by atoms with E-state index in [0.29, 0.717) is 10.2 Å². The molecule has 0 atom stereocenters. The number of hydrogen-bond acceptors (Lipinski definition) is 5. The monoisotopic (exact) mass is 326 g/mol. The van der Waals surface area contributed by atoms with Crippen molar-refractivity contribution in [3.05, 3.63) is 49.1 Å². The maximum Gasteiger partial charge on any atom is 0.342 e. The van der Waals surface area contributed by atoms with Gasteiger partial charge in [0.05, 0.1) is 11.3 Å². The van der Waals surface area contributed by atoms with Gasteiger partial charge in [0, 0.05) is 4.47 Å². The van der Waals surface area contributed by atoms with Gasteiger partial charge in [-0.25, -0.2) is 14.7 Å². The minimum Gasteiger partial charge on any atom is -0.478 e. The number of benzene rings is 1. The first-order valence-corrected chi connectivity index (χ1v) is 5.75. The molecule has 1 aromatic carbocycles. The molecule has 0 saturated heterocycles. The lowest BCUT2D eigenvalue weighted by molar-refractivity contribution is 0.0697. The molecule has 0 radical (unpaired) electrons. The van der Waals surface area contributed by atoms with E-state index in [4.69, 9.17) is 5.11 Å². The molecule has 0 aliphatic carbocycles. The molecule has 98 valence electrons. The van der Waals surface area contributed by atoms with Crippen LogP contribution in [0.4, 0.5) is 11.5 Å². The summed E-state index contributed by atoms with van der Waals surface area (Å²) in [5, 5.41) is 17.1. The van der Waals surface area contributed by atoms with E-state index in [2.05, 4.69) is 31.4 Å². The maximum atomic E-state index is 11.4. The number of aromatic nitrogens is 3. The second-order valence-electron chi connectivity index (χ2n) is 3.48. The van der Waals surface area contributed by atoms with Crippen molar-refractivity contribution in [2.24, 2.45) is 0 Å². The van der Waals surface area contributed by atoms with Gasteiger partial charge in [0.2, 0.25) is 5.82 Å². The molecule has 0 aliphatic rings. The van der Waals surface area contributed by atoms with Crippen LogP contribution in [0.5, 0.6) is 0 Å². The Balaban J connectivity index is 2.36. The van der Waals surface area contributed by atoms with Crippen molar-refractivity contribution in [1.29, 1.82) is 0 Å². The highest BCUT2D eigenvalue weighted by atomic mass is 79.9. The Hall–Kier alpha value is -2.42. The molecule has 0 amide bonds. The van der Waals surface area contributed by atoms with Gasteiger partial charge in [0.1, 0.15) is 0 Å². The predicted octanol–water partition coefficient (Wildman–Crippen LogP) is 0.662. The Morgan fingerprint density at radius 1 is 1.37 bits per heavy atom. The number of aromatic amines is 2. The Kier molecular flexibility index (Phi) is 3.47. The second kappa shape index (κ2) is 5.06. The molecule has 9 heteroatoms. The normalized spacial score (nSPS) is 10.2. The highest BCUT2D eigenvalue weighted by Crippen LogP contribution is 2.25. The van der Waals surface area contributed by atoms with E-state index in [-0.39, 0.29) is 11.4 Å². The number of carboxylic acids is 1. The molecule has 2 rings (SSSR count). The summed E-state index contributed by atoms with van der Waals surface area (Å²) in [6.45, 7) is 0. The summed E-state index contributed by atoms with van der Waals surface area (Å²) in [5.41, 5.74) is -0.857. The van der Waals surface area contributed by atoms with E-state index in [0.717, 1.165) is 0 Å². The van der Waals surface area contributed by atoms with Crippen LogP contribution in [0.3, 0.4) is 0 Å². The topological polar surface area (TPSA) is 128 Å². The number of nitrogens with zero attached hydrogens (tertiary/aromatic N) is 1. The summed E-state index contributed by atoms with van der Waals surface area (Å²) in [6.07, 6.45) is 0. The predicted molar refractivity (Wildman–Crippen MR) is 69.9 cm³/mol. The summed E-state index contributed by atoms with van der Waals surface area (Å²) in [4.78, 5) is 35.0. The highest BCUT2D eigenvalue weighted by Gasteiger charge is 2.09. The minimum atomic E-state index is -1.06. The zero-order valence-electron chi connectivity index (χ0n) is 9.23. The molecule has 1 aromatic heterocycles. The van der Waals surface area contributed by atoms with Crippen molar-refractivity contribution >= 4 is 33.4 Å². The second-order valence-corrected chi connectivity index (χ2v) is 4.33. The number of halogens is 1. The van der Waals surface area contributed by atoms with Crippen LogP contribution in [0, 0.1) is 0 Å². The van der Waals surface area contributed by atoms with Crippen LogP contribution in [0.1, 0.15) is 10.4 Å². The van der Waals surface area contributed by atoms with E-state index in [1.54, 1.807) is 0 Å². The Morgan fingerprint density at radius 2 is 2.11 bits per heavy atom. The van der Waals surface area contributed by atoms with Crippen molar-refractivity contribution in [1.82, 2.24) is 15.2 Å². The van der Waals surface area contributed by atoms with E-state index in [1.165, 1.54) is 18.2 Å². The van der Waals surface area contributed by atoms with Gasteiger partial charge in [-0.05, 0) is 34.1 Å². The van der Waals surface area contributed by atoms with E-state index in [1.807, 2.05) is 4.98 Å². The van der Waals surface area contributed by atoms with Gasteiger partial charge in [0.25, 0.3) is 5.56 Å². The van der Waals surface area contributed by atoms with Gasteiger partial charge in [0.15, 0.2) is 0 Å². The number of nitrogens with one attached hydrogen (secondary N) is 3. The third-order valence-corrected chi connectivity index (χ3v) is 2.84. The molecular weight excluding hydrogens is 320 g/mol. The zero-order valence-corrected chi connectivity index (χ0v) is 10.8.